The minimum absolute atomic E-state index is 0.263. The third kappa shape index (κ3) is 0.711. The maximum absolute atomic E-state index is 11.8. The lowest BCUT2D eigenvalue weighted by atomic mass is 9.61. The highest BCUT2D eigenvalue weighted by Crippen LogP contribution is 2.61. The minimum atomic E-state index is -0.924. The Morgan fingerprint density at radius 3 is 2.60 bits per heavy atom. The zero-order valence-electron chi connectivity index (χ0n) is 8.10. The lowest BCUT2D eigenvalue weighted by Crippen LogP contribution is -2.50. The van der Waals surface area contributed by atoms with E-state index in [1.807, 2.05) is 12.2 Å². The van der Waals surface area contributed by atoms with Crippen molar-refractivity contribution in [2.24, 2.45) is 10.8 Å². The van der Waals surface area contributed by atoms with Gasteiger partial charge in [0.05, 0.1) is 12.2 Å². The number of carbonyl (C=O) groups is 2. The molecule has 80 valence electrons. The number of cyclic esters (lactones) is 2. The standard InChI is InChI=1S/C10H10O4S/c1-9-5-2-3-6(13-5)10(9,4-15)8(12)14-7(9)11/h2-3,5-6,15H,4H2,1H3/t5-,6+,9+,10-/m0/s1. The predicted molar refractivity (Wildman–Crippen MR) is 53.3 cm³/mol. The van der Waals surface area contributed by atoms with Crippen LogP contribution in [0.5, 0.6) is 0 Å². The average Bonchev–Trinajstić information content (AvgIpc) is 2.80. The van der Waals surface area contributed by atoms with E-state index in [0.717, 1.165) is 0 Å². The normalized spacial score (nSPS) is 51.1. The SMILES string of the molecule is C[C@@]12C(=O)OC(=O)[C@]1(CS)[C@H]1C=C[C@@H]2O1. The maximum Gasteiger partial charge on any atom is 0.324 e. The Labute approximate surface area is 92.0 Å². The molecular formula is C10H10O4S. The summed E-state index contributed by atoms with van der Waals surface area (Å²) in [5.74, 6) is -0.722. The molecule has 5 heteroatoms. The molecule has 0 radical (unpaired) electrons. The van der Waals surface area contributed by atoms with Gasteiger partial charge in [-0.3, -0.25) is 9.59 Å². The molecule has 0 aromatic carbocycles. The molecule has 0 saturated carbocycles. The van der Waals surface area contributed by atoms with Gasteiger partial charge in [0.15, 0.2) is 0 Å². The molecule has 3 aliphatic heterocycles. The van der Waals surface area contributed by atoms with E-state index < -0.39 is 22.8 Å². The highest BCUT2D eigenvalue weighted by molar-refractivity contribution is 7.80. The molecule has 3 heterocycles. The quantitative estimate of drug-likeness (QED) is 0.303. The van der Waals surface area contributed by atoms with E-state index in [4.69, 9.17) is 9.47 Å². The second-order valence-electron chi connectivity index (χ2n) is 4.37. The van der Waals surface area contributed by atoms with E-state index in [1.165, 1.54) is 0 Å². The molecule has 2 saturated heterocycles. The third-order valence-electron chi connectivity index (χ3n) is 3.96. The lowest BCUT2D eigenvalue weighted by Gasteiger charge is -2.33. The van der Waals surface area contributed by atoms with Gasteiger partial charge in [0.25, 0.3) is 0 Å². The Kier molecular flexibility index (Phi) is 1.55. The van der Waals surface area contributed by atoms with Crippen LogP contribution in [0, 0.1) is 10.8 Å². The third-order valence-corrected chi connectivity index (χ3v) is 4.46. The van der Waals surface area contributed by atoms with Crippen molar-refractivity contribution in [1.82, 2.24) is 0 Å². The van der Waals surface area contributed by atoms with Crippen LogP contribution < -0.4 is 0 Å². The van der Waals surface area contributed by atoms with Gasteiger partial charge in [-0.25, -0.2) is 0 Å². The summed E-state index contributed by atoms with van der Waals surface area (Å²) in [5.41, 5.74) is -1.82. The first-order chi connectivity index (χ1) is 7.07. The van der Waals surface area contributed by atoms with Gasteiger partial charge in [-0.05, 0) is 6.92 Å². The number of rotatable bonds is 1. The molecule has 0 spiro atoms. The molecule has 4 atom stereocenters. The van der Waals surface area contributed by atoms with Gasteiger partial charge in [-0.1, -0.05) is 12.2 Å². The lowest BCUT2D eigenvalue weighted by molar-refractivity contribution is -0.159. The first kappa shape index (κ1) is 9.42. The summed E-state index contributed by atoms with van der Waals surface area (Å²) in [7, 11) is 0. The zero-order valence-corrected chi connectivity index (χ0v) is 8.99. The number of thiol groups is 1. The molecule has 2 fully saturated rings. The molecule has 0 aliphatic carbocycles. The number of fused-ring (bicyclic) bond motifs is 5. The van der Waals surface area contributed by atoms with Gasteiger partial charge >= 0.3 is 11.9 Å². The largest absolute Gasteiger partial charge is 0.392 e. The Morgan fingerprint density at radius 1 is 1.33 bits per heavy atom. The molecule has 3 aliphatic rings. The summed E-state index contributed by atoms with van der Waals surface area (Å²) in [4.78, 5) is 23.6. The van der Waals surface area contributed by atoms with Gasteiger partial charge in [0, 0.05) is 5.75 Å². The molecule has 2 bridgehead atoms. The van der Waals surface area contributed by atoms with Crippen molar-refractivity contribution in [2.45, 2.75) is 19.1 Å². The number of carbonyl (C=O) groups excluding carboxylic acids is 2. The molecule has 0 aromatic rings. The molecule has 4 nitrogen and oxygen atoms in total. The second-order valence-corrected chi connectivity index (χ2v) is 4.69. The summed E-state index contributed by atoms with van der Waals surface area (Å²) < 4.78 is 10.4. The van der Waals surface area contributed by atoms with Gasteiger partial charge in [-0.2, -0.15) is 12.6 Å². The molecule has 0 unspecified atom stereocenters. The van der Waals surface area contributed by atoms with Crippen LogP contribution in [0.1, 0.15) is 6.92 Å². The highest BCUT2D eigenvalue weighted by Gasteiger charge is 2.77. The van der Waals surface area contributed by atoms with Crippen molar-refractivity contribution in [2.75, 3.05) is 5.75 Å². The van der Waals surface area contributed by atoms with Crippen LogP contribution >= 0.6 is 12.6 Å². The Balaban J connectivity index is 2.26. The second kappa shape index (κ2) is 2.47. The summed E-state index contributed by atoms with van der Waals surface area (Å²) in [6.45, 7) is 1.73. The van der Waals surface area contributed by atoms with E-state index in [2.05, 4.69) is 12.6 Å². The fourth-order valence-corrected chi connectivity index (χ4v) is 3.47. The zero-order chi connectivity index (χ0) is 10.8. The Bertz CT molecular complexity index is 404. The van der Waals surface area contributed by atoms with E-state index in [0.29, 0.717) is 0 Å². The molecule has 15 heavy (non-hydrogen) atoms. The van der Waals surface area contributed by atoms with E-state index in [9.17, 15) is 9.59 Å². The molecular weight excluding hydrogens is 216 g/mol. The first-order valence-corrected chi connectivity index (χ1v) is 5.42. The van der Waals surface area contributed by atoms with Gasteiger partial charge in [-0.15, -0.1) is 0 Å². The number of ether oxygens (including phenoxy) is 2. The molecule has 0 N–H and O–H groups in total. The van der Waals surface area contributed by atoms with Gasteiger partial charge in [0.1, 0.15) is 10.8 Å². The summed E-state index contributed by atoms with van der Waals surface area (Å²) in [5, 5.41) is 0. The molecule has 3 rings (SSSR count). The highest BCUT2D eigenvalue weighted by atomic mass is 32.1. The fraction of sp³-hybridized carbons (Fsp3) is 0.600. The van der Waals surface area contributed by atoms with Crippen molar-refractivity contribution in [1.29, 1.82) is 0 Å². The van der Waals surface area contributed by atoms with Gasteiger partial charge in [0.2, 0.25) is 0 Å². The van der Waals surface area contributed by atoms with E-state index >= 15 is 0 Å². The van der Waals surface area contributed by atoms with Crippen LogP contribution in [-0.2, 0) is 19.1 Å². The van der Waals surface area contributed by atoms with E-state index in [-0.39, 0.29) is 18.0 Å². The first-order valence-electron chi connectivity index (χ1n) is 4.79. The van der Waals surface area contributed by atoms with Crippen LogP contribution in [0.4, 0.5) is 0 Å². The van der Waals surface area contributed by atoms with Crippen LogP contribution in [-0.4, -0.2) is 29.9 Å². The summed E-state index contributed by atoms with van der Waals surface area (Å²) in [6, 6.07) is 0. The van der Waals surface area contributed by atoms with Crippen LogP contribution in [0.15, 0.2) is 12.2 Å². The number of esters is 2. The Morgan fingerprint density at radius 2 is 2.00 bits per heavy atom. The van der Waals surface area contributed by atoms with Crippen molar-refractivity contribution < 1.29 is 19.1 Å². The number of hydrogen-bond acceptors (Lipinski definition) is 5. The monoisotopic (exact) mass is 226 g/mol. The molecule has 0 aromatic heterocycles. The van der Waals surface area contributed by atoms with Crippen LogP contribution in [0.3, 0.4) is 0 Å². The smallest absolute Gasteiger partial charge is 0.324 e. The minimum Gasteiger partial charge on any atom is -0.392 e. The van der Waals surface area contributed by atoms with Crippen molar-refractivity contribution in [3.63, 3.8) is 0 Å². The van der Waals surface area contributed by atoms with Crippen LogP contribution in [0.25, 0.3) is 0 Å². The predicted octanol–water partition coefficient (Wildman–Crippen LogP) is 0.329. The summed E-state index contributed by atoms with van der Waals surface area (Å²) in [6.07, 6.45) is 2.92. The summed E-state index contributed by atoms with van der Waals surface area (Å²) >= 11 is 4.20. The van der Waals surface area contributed by atoms with Crippen molar-refractivity contribution >= 4 is 24.6 Å². The van der Waals surface area contributed by atoms with E-state index in [1.54, 1.807) is 6.92 Å². The molecule has 0 amide bonds. The Hall–Kier alpha value is -0.810. The van der Waals surface area contributed by atoms with Crippen molar-refractivity contribution in [3.8, 4) is 0 Å². The topological polar surface area (TPSA) is 52.6 Å². The maximum atomic E-state index is 11.8. The van der Waals surface area contributed by atoms with Crippen LogP contribution in [0.2, 0.25) is 0 Å². The number of hydrogen-bond donors (Lipinski definition) is 1. The van der Waals surface area contributed by atoms with Crippen molar-refractivity contribution in [3.05, 3.63) is 12.2 Å². The van der Waals surface area contributed by atoms with Gasteiger partial charge < -0.3 is 9.47 Å². The average molecular weight is 226 g/mol. The fourth-order valence-electron chi connectivity index (χ4n) is 2.84.